The molecule has 0 spiro atoms. The van der Waals surface area contributed by atoms with Crippen LogP contribution in [0.5, 0.6) is 11.5 Å². The van der Waals surface area contributed by atoms with E-state index in [1.165, 1.54) is 48.5 Å². The second-order valence-electron chi connectivity index (χ2n) is 7.51. The molecule has 0 aromatic heterocycles. The summed E-state index contributed by atoms with van der Waals surface area (Å²) < 4.78 is 9.65. The molecular formula is C24H54Gd2N2O26+10. The Morgan fingerprint density at radius 1 is 0.389 bits per heavy atom. The minimum absolute atomic E-state index is 0. The molecule has 0 aliphatic carbocycles. The van der Waals surface area contributed by atoms with Crippen molar-refractivity contribution in [2.75, 3.05) is 49.2 Å². The topological polar surface area (TPSA) is 659 Å². The number of carbonyl (C=O) groups excluding carboxylic acids is 6. The van der Waals surface area contributed by atoms with Crippen molar-refractivity contribution in [3.05, 3.63) is 48.5 Å². The van der Waals surface area contributed by atoms with Crippen LogP contribution in [-0.4, -0.2) is 86.2 Å². The van der Waals surface area contributed by atoms with Gasteiger partial charge in [0.1, 0.15) is 24.7 Å². The molecule has 0 amide bonds. The van der Waals surface area contributed by atoms with Crippen LogP contribution in [0.25, 0.3) is 0 Å². The number of rotatable bonds is 16. The minimum atomic E-state index is -1.44. The number of carboxylic acids is 6. The van der Waals surface area contributed by atoms with E-state index in [0.29, 0.717) is 11.4 Å². The van der Waals surface area contributed by atoms with E-state index in [2.05, 4.69) is 0 Å². The molecule has 34 N–H and O–H groups in total. The first-order chi connectivity index (χ1) is 18.8. The van der Waals surface area contributed by atoms with E-state index in [1.54, 1.807) is 0 Å². The standard InChI is InChI=1S/2C12H13NO7.2Gd.12H2O/c2*14-10(15)5-13(6-11(16)17)8-1-3-9(4-2-8)20-7-12(18)19;;;;;;;;;;;;;;/h2*1-4H,5-7H2,(H,14,15)(H,16,17)(H,18,19);;;12*1H2/q;;2*+3;;;;;;;;;;;;/p+4. The van der Waals surface area contributed by atoms with Gasteiger partial charge in [-0.1, -0.05) is 0 Å². The van der Waals surface area contributed by atoms with Gasteiger partial charge in [0, 0.05) is 11.4 Å². The molecule has 0 saturated heterocycles. The summed E-state index contributed by atoms with van der Waals surface area (Å²) in [6, 6.07) is 11.0. The number of carbonyl (C=O) groups is 6. The van der Waals surface area contributed by atoms with Crippen molar-refractivity contribution in [2.24, 2.45) is 0 Å². The predicted molar refractivity (Wildman–Crippen MR) is 174 cm³/mol. The van der Waals surface area contributed by atoms with Gasteiger partial charge < -0.3 is 144 Å². The zero-order chi connectivity index (χ0) is 30.2. The van der Waals surface area contributed by atoms with Gasteiger partial charge in [-0.15, -0.1) is 0 Å². The quantitative estimate of drug-likeness (QED) is 0.141. The van der Waals surface area contributed by atoms with E-state index in [9.17, 15) is 59.4 Å². The fourth-order valence-electron chi connectivity index (χ4n) is 2.89. The van der Waals surface area contributed by atoms with Gasteiger partial charge in [-0.25, -0.2) is 0 Å². The maximum absolute atomic E-state index is 10.5. The number of benzene rings is 2. The largest absolute Gasteiger partial charge is 3.00 e. The molecule has 54 heavy (non-hydrogen) atoms. The molecule has 30 heteroatoms. The zero-order valence-corrected chi connectivity index (χ0v) is 32.5. The normalized spacial score (nSPS) is 7.26. The van der Waals surface area contributed by atoms with Gasteiger partial charge in [0.15, 0.2) is 0 Å². The van der Waals surface area contributed by atoms with E-state index in [-0.39, 0.29) is 157 Å². The Hall–Kier alpha value is -3.37. The third-order valence-corrected chi connectivity index (χ3v) is 4.40. The second-order valence-corrected chi connectivity index (χ2v) is 7.51. The Labute approximate surface area is 367 Å². The maximum atomic E-state index is 10.5. The molecule has 0 bridgehead atoms. The predicted octanol–water partition coefficient (Wildman–Crippen LogP) is -18.6. The minimum Gasteiger partial charge on any atom is -0.548 e. The molecular weight excluding hydrogens is 1050 g/mol. The first kappa shape index (κ1) is 92.9. The molecule has 2 aromatic carbocycles. The van der Waals surface area contributed by atoms with Crippen LogP contribution in [0.2, 0.25) is 0 Å². The number of nitrogens with zero attached hydrogens (tertiary/aromatic N) is 2. The third-order valence-electron chi connectivity index (χ3n) is 4.40. The molecule has 0 atom stereocenters. The zero-order valence-electron chi connectivity index (χ0n) is 28.0. The van der Waals surface area contributed by atoms with Gasteiger partial charge in [0.25, 0.3) is 0 Å². The van der Waals surface area contributed by atoms with Gasteiger partial charge in [-0.05, 0) is 48.5 Å². The molecule has 0 saturated carbocycles. The second kappa shape index (κ2) is 49.6. The molecule has 322 valence electrons. The van der Waals surface area contributed by atoms with E-state index >= 15 is 0 Å². The van der Waals surface area contributed by atoms with E-state index < -0.39 is 75.2 Å². The summed E-state index contributed by atoms with van der Waals surface area (Å²) >= 11 is 0. The molecule has 0 heterocycles. The smallest absolute Gasteiger partial charge is 0.548 e. The summed E-state index contributed by atoms with van der Waals surface area (Å²) in [5.41, 5.74) is 0.582. The number of aliphatic carboxylic acids is 6. The fourth-order valence-corrected chi connectivity index (χ4v) is 2.89. The Kier molecular flexibility index (Phi) is 85.4. The Balaban J connectivity index is -0.0000000392. The monoisotopic (exact) mass is 1100 g/mol. The Bertz CT molecular complexity index is 1080. The molecule has 0 aliphatic rings. The van der Waals surface area contributed by atoms with Crippen LogP contribution in [0.3, 0.4) is 0 Å². The van der Waals surface area contributed by atoms with Crippen LogP contribution in [0.15, 0.2) is 48.5 Å². The van der Waals surface area contributed by atoms with Gasteiger partial charge >= 0.3 is 79.9 Å². The molecule has 0 aliphatic heterocycles. The van der Waals surface area contributed by atoms with E-state index in [4.69, 9.17) is 9.47 Å². The van der Waals surface area contributed by atoms with Crippen molar-refractivity contribution >= 4 is 47.2 Å². The first-order valence-corrected chi connectivity index (χ1v) is 10.9. The first-order valence-electron chi connectivity index (χ1n) is 10.9. The summed E-state index contributed by atoms with van der Waals surface area (Å²) in [5, 5.41) is 62.6. The Morgan fingerprint density at radius 2 is 0.574 bits per heavy atom. The summed E-state index contributed by atoms with van der Waals surface area (Å²) in [4.78, 5) is 64.6. The van der Waals surface area contributed by atoms with Crippen molar-refractivity contribution in [2.45, 2.75) is 0 Å². The number of carboxylic acid groups (broad SMARTS) is 6. The average Bonchev–Trinajstić information content (AvgIpc) is 2.85. The number of hydrogen-bond donors (Lipinski definition) is 0. The van der Waals surface area contributed by atoms with Crippen molar-refractivity contribution in [3.63, 3.8) is 0 Å². The number of ether oxygens (including phenoxy) is 2. The van der Waals surface area contributed by atoms with Crippen molar-refractivity contribution in [3.8, 4) is 11.5 Å². The van der Waals surface area contributed by atoms with Crippen molar-refractivity contribution < 1.29 is 214 Å². The molecule has 28 nitrogen and oxygen atoms in total. The van der Waals surface area contributed by atoms with E-state index in [0.717, 1.165) is 9.80 Å². The van der Waals surface area contributed by atoms with Crippen LogP contribution < -0.4 is 49.9 Å². The number of anilines is 2. The van der Waals surface area contributed by atoms with Crippen LogP contribution in [0.4, 0.5) is 11.4 Å². The molecule has 0 unspecified atom stereocenters. The van der Waals surface area contributed by atoms with Crippen molar-refractivity contribution in [1.29, 1.82) is 0 Å². The van der Waals surface area contributed by atoms with Crippen molar-refractivity contribution in [1.82, 2.24) is 0 Å². The molecule has 2 rings (SSSR count). The molecule has 2 radical (unpaired) electrons. The fraction of sp³-hybridized carbons (Fsp3) is 0.250. The summed E-state index contributed by atoms with van der Waals surface area (Å²) in [6.45, 7) is -3.72. The van der Waals surface area contributed by atoms with Gasteiger partial charge in [0.05, 0.1) is 62.0 Å². The maximum Gasteiger partial charge on any atom is 3.00 e. The summed E-state index contributed by atoms with van der Waals surface area (Å²) in [5.74, 6) is -8.09. The van der Waals surface area contributed by atoms with Crippen LogP contribution >= 0.6 is 0 Å². The van der Waals surface area contributed by atoms with E-state index in [1.807, 2.05) is 0 Å². The molecule has 2 aromatic rings. The number of hydrogen-bond acceptors (Lipinski definition) is 16. The summed E-state index contributed by atoms with van der Waals surface area (Å²) in [7, 11) is 0. The average molecular weight is 1100 g/mol. The van der Waals surface area contributed by atoms with Crippen LogP contribution in [-0.2, 0) is 83.5 Å². The van der Waals surface area contributed by atoms with Gasteiger partial charge in [-0.2, -0.15) is 0 Å². The van der Waals surface area contributed by atoms with Crippen LogP contribution in [0.1, 0.15) is 0 Å². The Morgan fingerprint density at radius 3 is 0.722 bits per heavy atom. The van der Waals surface area contributed by atoms with Gasteiger partial charge in [-0.3, -0.25) is 0 Å². The molecule has 0 fully saturated rings. The summed E-state index contributed by atoms with van der Waals surface area (Å²) in [6.07, 6.45) is 0. The van der Waals surface area contributed by atoms with Gasteiger partial charge in [0.2, 0.25) is 0 Å². The van der Waals surface area contributed by atoms with Crippen LogP contribution in [0, 0.1) is 79.9 Å². The SMILES string of the molecule is O.O.O=C([O-])COc1ccc(N(CC(=O)[O-])CC(=O)[O-])cc1.O=C([O-])COc1ccc(N(CC(=O)[O-])CC(=O)[O-])cc1.[Gd+3].[Gd+3].[OH3+].[OH3+].[OH3+].[OH3+].[OH3+].[OH3+].[OH3+].[OH3+].[OH3+].[OH3+]. The third kappa shape index (κ3) is 43.0.